The van der Waals surface area contributed by atoms with Crippen LogP contribution in [0.5, 0.6) is 0 Å². The fourth-order valence-electron chi connectivity index (χ4n) is 2.18. The van der Waals surface area contributed by atoms with Crippen molar-refractivity contribution in [2.45, 2.75) is 52.1 Å². The normalized spacial score (nSPS) is 12.8. The van der Waals surface area contributed by atoms with Crippen molar-refractivity contribution >= 4 is 24.4 Å². The van der Waals surface area contributed by atoms with Gasteiger partial charge in [0, 0.05) is 17.4 Å². The van der Waals surface area contributed by atoms with E-state index in [1.807, 2.05) is 20.8 Å². The van der Waals surface area contributed by atoms with Crippen LogP contribution in [0.3, 0.4) is 0 Å². The molecule has 0 saturated heterocycles. The predicted molar refractivity (Wildman–Crippen MR) is 90.2 cm³/mol. The number of rotatable bonds is 6. The van der Waals surface area contributed by atoms with Gasteiger partial charge < -0.3 is 26.5 Å². The first-order valence-electron chi connectivity index (χ1n) is 7.36. The molecule has 1 aromatic rings. The topological polar surface area (TPSA) is 111 Å². The van der Waals surface area contributed by atoms with E-state index < -0.39 is 12.7 Å². The maximum Gasteiger partial charge on any atom is 0.373 e. The Morgan fingerprint density at radius 2 is 2.05 bits per heavy atom. The van der Waals surface area contributed by atoms with E-state index in [1.54, 1.807) is 25.0 Å². The SMILES string of the molecule is CB(O)N[C@H](CC(=O)OC(C)(C)C)Cc1cc(N)ccc1N. The number of hydrogen-bond donors (Lipinski definition) is 4. The molecule has 0 amide bonds. The summed E-state index contributed by atoms with van der Waals surface area (Å²) in [7, 11) is -0.741. The number of carbonyl (C=O) groups excluding carboxylic acids is 1. The molecule has 1 aromatic carbocycles. The summed E-state index contributed by atoms with van der Waals surface area (Å²) in [6, 6.07) is 4.95. The van der Waals surface area contributed by atoms with Crippen molar-refractivity contribution in [3.05, 3.63) is 23.8 Å². The highest BCUT2D eigenvalue weighted by Crippen LogP contribution is 2.19. The average molecular weight is 307 g/mol. The number of anilines is 2. The molecular weight excluding hydrogens is 281 g/mol. The number of carbonyl (C=O) groups is 1. The van der Waals surface area contributed by atoms with Gasteiger partial charge in [-0.2, -0.15) is 0 Å². The van der Waals surface area contributed by atoms with Gasteiger partial charge >= 0.3 is 13.0 Å². The smallest absolute Gasteiger partial charge is 0.373 e. The molecule has 7 heteroatoms. The second-order valence-corrected chi connectivity index (χ2v) is 6.49. The third-order valence-electron chi connectivity index (χ3n) is 2.94. The highest BCUT2D eigenvalue weighted by molar-refractivity contribution is 6.45. The Bertz CT molecular complexity index is 515. The summed E-state index contributed by atoms with van der Waals surface area (Å²) in [5.74, 6) is -0.326. The summed E-state index contributed by atoms with van der Waals surface area (Å²) in [5.41, 5.74) is 13.2. The molecule has 0 heterocycles. The molecule has 6 nitrogen and oxygen atoms in total. The third-order valence-corrected chi connectivity index (χ3v) is 2.94. The van der Waals surface area contributed by atoms with E-state index in [0.717, 1.165) is 5.56 Å². The first-order chi connectivity index (χ1) is 10.1. The van der Waals surface area contributed by atoms with Gasteiger partial charge in [0.1, 0.15) is 5.60 Å². The zero-order valence-corrected chi connectivity index (χ0v) is 13.7. The Morgan fingerprint density at radius 3 is 2.59 bits per heavy atom. The van der Waals surface area contributed by atoms with Crippen LogP contribution in [0.2, 0.25) is 6.82 Å². The fraction of sp³-hybridized carbons (Fsp3) is 0.533. The predicted octanol–water partition coefficient (Wildman–Crippen LogP) is 1.19. The number of nitrogen functional groups attached to an aromatic ring is 2. The number of nitrogens with two attached hydrogens (primary N) is 2. The number of ether oxygens (including phenoxy) is 1. The second-order valence-electron chi connectivity index (χ2n) is 6.49. The molecule has 1 atom stereocenters. The van der Waals surface area contributed by atoms with Crippen molar-refractivity contribution in [3.8, 4) is 0 Å². The zero-order chi connectivity index (χ0) is 16.9. The van der Waals surface area contributed by atoms with Crippen molar-refractivity contribution in [1.29, 1.82) is 0 Å². The standard InChI is InChI=1S/C15H26BN3O3/c1-15(2,3)22-14(20)9-12(19-16(4)21)8-10-7-11(17)5-6-13(10)18/h5-7,12,19,21H,8-9,17-18H2,1-4H3/t12-/m0/s1. The lowest BCUT2D eigenvalue weighted by molar-refractivity contribution is -0.155. The summed E-state index contributed by atoms with van der Waals surface area (Å²) in [6.07, 6.45) is 0.609. The molecule has 6 N–H and O–H groups in total. The summed E-state index contributed by atoms with van der Waals surface area (Å²) in [4.78, 5) is 12.0. The first-order valence-corrected chi connectivity index (χ1v) is 7.36. The average Bonchev–Trinajstić information content (AvgIpc) is 2.30. The van der Waals surface area contributed by atoms with E-state index in [-0.39, 0.29) is 18.4 Å². The van der Waals surface area contributed by atoms with E-state index in [9.17, 15) is 9.82 Å². The van der Waals surface area contributed by atoms with Crippen molar-refractivity contribution in [2.24, 2.45) is 0 Å². The van der Waals surface area contributed by atoms with E-state index in [2.05, 4.69) is 5.23 Å². The van der Waals surface area contributed by atoms with Crippen LogP contribution in [-0.2, 0) is 16.0 Å². The van der Waals surface area contributed by atoms with Crippen molar-refractivity contribution in [1.82, 2.24) is 5.23 Å². The van der Waals surface area contributed by atoms with Crippen LogP contribution in [0.25, 0.3) is 0 Å². The van der Waals surface area contributed by atoms with Gasteiger partial charge in [0.2, 0.25) is 0 Å². The second kappa shape index (κ2) is 7.51. The Kier molecular flexibility index (Phi) is 6.26. The van der Waals surface area contributed by atoms with Gasteiger partial charge in [0.25, 0.3) is 0 Å². The van der Waals surface area contributed by atoms with Gasteiger partial charge in [-0.05, 0) is 57.8 Å². The van der Waals surface area contributed by atoms with Gasteiger partial charge in [-0.1, -0.05) is 0 Å². The molecule has 0 aliphatic carbocycles. The first kappa shape index (κ1) is 18.3. The monoisotopic (exact) mass is 307 g/mol. The number of nitrogens with one attached hydrogen (secondary N) is 1. The Hall–Kier alpha value is -1.73. The largest absolute Gasteiger partial charge is 0.460 e. The Labute approximate surface area is 132 Å². The number of benzene rings is 1. The molecule has 22 heavy (non-hydrogen) atoms. The molecule has 122 valence electrons. The zero-order valence-electron chi connectivity index (χ0n) is 13.7. The molecule has 0 spiro atoms. The van der Waals surface area contributed by atoms with Crippen LogP contribution in [0, 0.1) is 0 Å². The van der Waals surface area contributed by atoms with E-state index in [0.29, 0.717) is 17.8 Å². The van der Waals surface area contributed by atoms with Crippen molar-refractivity contribution < 1.29 is 14.6 Å². The van der Waals surface area contributed by atoms with Crippen LogP contribution >= 0.6 is 0 Å². The van der Waals surface area contributed by atoms with Crippen LogP contribution in [0.15, 0.2) is 18.2 Å². The molecule has 0 unspecified atom stereocenters. The minimum Gasteiger partial charge on any atom is -0.460 e. The van der Waals surface area contributed by atoms with Crippen LogP contribution in [0.1, 0.15) is 32.8 Å². The maximum atomic E-state index is 12.0. The summed E-state index contributed by atoms with van der Waals surface area (Å²) in [6.45, 7) is 7.05. The lowest BCUT2D eigenvalue weighted by Gasteiger charge is -2.24. The van der Waals surface area contributed by atoms with E-state index in [1.165, 1.54) is 0 Å². The quantitative estimate of drug-likeness (QED) is 0.357. The minimum atomic E-state index is -0.741. The lowest BCUT2D eigenvalue weighted by atomic mass is 9.85. The minimum absolute atomic E-state index is 0.135. The Balaban J connectivity index is 2.80. The van der Waals surface area contributed by atoms with E-state index >= 15 is 0 Å². The van der Waals surface area contributed by atoms with E-state index in [4.69, 9.17) is 16.2 Å². The summed E-state index contributed by atoms with van der Waals surface area (Å²) >= 11 is 0. The van der Waals surface area contributed by atoms with Crippen LogP contribution < -0.4 is 16.7 Å². The molecular formula is C15H26BN3O3. The molecule has 0 aliphatic rings. The summed E-state index contributed by atoms with van der Waals surface area (Å²) in [5, 5.41) is 12.5. The molecule has 0 aliphatic heterocycles. The maximum absolute atomic E-state index is 12.0. The van der Waals surface area contributed by atoms with Crippen LogP contribution in [-0.4, -0.2) is 29.7 Å². The number of hydrogen-bond acceptors (Lipinski definition) is 6. The molecule has 0 bridgehead atoms. The fourth-order valence-corrected chi connectivity index (χ4v) is 2.18. The van der Waals surface area contributed by atoms with Gasteiger partial charge in [-0.15, -0.1) is 0 Å². The van der Waals surface area contributed by atoms with Gasteiger partial charge in [-0.3, -0.25) is 4.79 Å². The highest BCUT2D eigenvalue weighted by Gasteiger charge is 2.23. The van der Waals surface area contributed by atoms with Gasteiger partial charge in [0.15, 0.2) is 0 Å². The van der Waals surface area contributed by atoms with Crippen LogP contribution in [0.4, 0.5) is 11.4 Å². The van der Waals surface area contributed by atoms with Gasteiger partial charge in [0.05, 0.1) is 6.42 Å². The third kappa shape index (κ3) is 6.82. The molecule has 0 radical (unpaired) electrons. The molecule has 1 rings (SSSR count). The van der Waals surface area contributed by atoms with Crippen molar-refractivity contribution in [3.63, 3.8) is 0 Å². The molecule has 0 aromatic heterocycles. The number of esters is 1. The summed E-state index contributed by atoms with van der Waals surface area (Å²) < 4.78 is 5.32. The highest BCUT2D eigenvalue weighted by atomic mass is 16.6. The molecule has 0 fully saturated rings. The molecule has 0 saturated carbocycles. The Morgan fingerprint density at radius 1 is 1.41 bits per heavy atom. The van der Waals surface area contributed by atoms with Gasteiger partial charge in [-0.25, -0.2) is 0 Å². The van der Waals surface area contributed by atoms with Crippen molar-refractivity contribution in [2.75, 3.05) is 11.5 Å². The lowest BCUT2D eigenvalue weighted by Crippen LogP contribution is -2.43.